The van der Waals surface area contributed by atoms with E-state index in [9.17, 15) is 20.1 Å². The second-order valence-corrected chi connectivity index (χ2v) is 3.71. The van der Waals surface area contributed by atoms with Gasteiger partial charge in [0.05, 0.1) is 12.6 Å². The summed E-state index contributed by atoms with van der Waals surface area (Å²) in [5.41, 5.74) is 0. The molecule has 0 aromatic rings. The first-order chi connectivity index (χ1) is 7.90. The average Bonchev–Trinajstić information content (AvgIpc) is 2.36. The molecule has 0 saturated carbocycles. The Bertz CT molecular complexity index is 233. The van der Waals surface area contributed by atoms with Gasteiger partial charge in [-0.1, -0.05) is 6.92 Å². The summed E-state index contributed by atoms with van der Waals surface area (Å²) in [6.07, 6.45) is -6.99. The van der Waals surface area contributed by atoms with Crippen LogP contribution in [0.4, 0.5) is 0 Å². The van der Waals surface area contributed by atoms with Gasteiger partial charge < -0.3 is 30.8 Å². The Labute approximate surface area is 99.7 Å². The average molecular weight is 250 g/mol. The highest BCUT2D eigenvalue weighted by molar-refractivity contribution is 5.88. The summed E-state index contributed by atoms with van der Waals surface area (Å²) < 4.78 is 0. The van der Waals surface area contributed by atoms with Crippen molar-refractivity contribution in [2.75, 3.05) is 13.7 Å². The summed E-state index contributed by atoms with van der Waals surface area (Å²) in [6, 6.07) is -0.752. The van der Waals surface area contributed by atoms with Gasteiger partial charge in [0.15, 0.2) is 5.78 Å². The molecule has 6 N–H and O–H groups in total. The number of carbonyl (C=O) groups is 1. The van der Waals surface area contributed by atoms with E-state index in [0.717, 1.165) is 0 Å². The van der Waals surface area contributed by atoms with Crippen LogP contribution in [-0.2, 0) is 4.79 Å². The van der Waals surface area contributed by atoms with Crippen molar-refractivity contribution in [1.29, 1.82) is 0 Å². The summed E-state index contributed by atoms with van der Waals surface area (Å²) in [7, 11) is 1.49. The standard InChI is InChI=1S/C10H20NO6/c1-3-5(11-2)7(14)9(16)10(17)8(15)6(13)4-12/h5-6,8-13,15-17H,1,3-4H2,2H3/t5?,6-,8-,9+,10+/m1/s1. The van der Waals surface area contributed by atoms with Gasteiger partial charge >= 0.3 is 0 Å². The predicted molar refractivity (Wildman–Crippen MR) is 58.9 cm³/mol. The van der Waals surface area contributed by atoms with Crippen molar-refractivity contribution in [1.82, 2.24) is 5.32 Å². The molecule has 0 spiro atoms. The van der Waals surface area contributed by atoms with Crippen molar-refractivity contribution in [3.8, 4) is 0 Å². The number of rotatable bonds is 8. The summed E-state index contributed by atoms with van der Waals surface area (Å²) in [6.45, 7) is 2.70. The summed E-state index contributed by atoms with van der Waals surface area (Å²) in [4.78, 5) is 11.6. The number of aliphatic hydroxyl groups excluding tert-OH is 5. The zero-order valence-corrected chi connectivity index (χ0v) is 9.65. The van der Waals surface area contributed by atoms with E-state index < -0.39 is 42.8 Å². The van der Waals surface area contributed by atoms with Crippen molar-refractivity contribution in [3.05, 3.63) is 6.92 Å². The van der Waals surface area contributed by atoms with Crippen molar-refractivity contribution < 1.29 is 30.3 Å². The number of hydrogen-bond donors (Lipinski definition) is 6. The number of Topliss-reactive ketones (excluding diaryl/α,β-unsaturated/α-hetero) is 1. The maximum Gasteiger partial charge on any atom is 0.180 e. The lowest BCUT2D eigenvalue weighted by Gasteiger charge is -2.26. The molecule has 17 heavy (non-hydrogen) atoms. The number of aliphatic hydroxyl groups is 5. The molecule has 0 fully saturated rings. The minimum absolute atomic E-state index is 0.164. The van der Waals surface area contributed by atoms with Gasteiger partial charge in [0.2, 0.25) is 0 Å². The number of nitrogens with one attached hydrogen (secondary N) is 1. The van der Waals surface area contributed by atoms with Crippen LogP contribution < -0.4 is 5.32 Å². The van der Waals surface area contributed by atoms with E-state index in [0.29, 0.717) is 0 Å². The van der Waals surface area contributed by atoms with E-state index in [1.807, 2.05) is 0 Å². The number of likely N-dealkylation sites (N-methyl/N-ethyl adjacent to an activating group) is 1. The molecule has 5 atom stereocenters. The Kier molecular flexibility index (Phi) is 7.44. The van der Waals surface area contributed by atoms with Crippen molar-refractivity contribution in [3.63, 3.8) is 0 Å². The smallest absolute Gasteiger partial charge is 0.180 e. The van der Waals surface area contributed by atoms with Gasteiger partial charge in [0, 0.05) is 0 Å². The molecule has 1 unspecified atom stereocenters. The van der Waals surface area contributed by atoms with Gasteiger partial charge in [-0.3, -0.25) is 4.79 Å². The summed E-state index contributed by atoms with van der Waals surface area (Å²) in [5.74, 6) is -0.737. The fourth-order valence-corrected chi connectivity index (χ4v) is 1.33. The maximum atomic E-state index is 11.6. The molecular weight excluding hydrogens is 230 g/mol. The van der Waals surface area contributed by atoms with Crippen LogP contribution in [-0.4, -0.2) is 75.4 Å². The third kappa shape index (κ3) is 4.30. The maximum absolute atomic E-state index is 11.6. The fourth-order valence-electron chi connectivity index (χ4n) is 1.33. The molecular formula is C10H20NO6. The second-order valence-electron chi connectivity index (χ2n) is 3.71. The normalized spacial score (nSPS) is 20.4. The van der Waals surface area contributed by atoms with E-state index in [2.05, 4.69) is 12.2 Å². The number of hydrogen-bond acceptors (Lipinski definition) is 7. The molecule has 0 aromatic heterocycles. The molecule has 0 amide bonds. The van der Waals surface area contributed by atoms with Crippen LogP contribution in [0.15, 0.2) is 0 Å². The minimum atomic E-state index is -1.87. The number of ketones is 1. The van der Waals surface area contributed by atoms with Gasteiger partial charge in [-0.15, -0.1) is 0 Å². The molecule has 0 saturated heterocycles. The van der Waals surface area contributed by atoms with E-state index >= 15 is 0 Å². The van der Waals surface area contributed by atoms with Crippen LogP contribution in [0.5, 0.6) is 0 Å². The SMILES string of the molecule is [CH2]CC(NC)C(=O)[C@H](O)[C@@H](O)[C@H](O)[C@H](O)CO. The molecule has 0 aliphatic carbocycles. The van der Waals surface area contributed by atoms with Gasteiger partial charge in [-0.2, -0.15) is 0 Å². The van der Waals surface area contributed by atoms with E-state index in [-0.39, 0.29) is 6.42 Å². The van der Waals surface area contributed by atoms with Crippen LogP contribution >= 0.6 is 0 Å². The Balaban J connectivity index is 4.58. The van der Waals surface area contributed by atoms with Crippen LogP contribution in [0, 0.1) is 6.92 Å². The third-order valence-corrected chi connectivity index (χ3v) is 2.53. The fraction of sp³-hybridized carbons (Fsp3) is 0.800. The van der Waals surface area contributed by atoms with Crippen LogP contribution in [0.25, 0.3) is 0 Å². The van der Waals surface area contributed by atoms with Gasteiger partial charge in [-0.05, 0) is 13.5 Å². The largest absolute Gasteiger partial charge is 0.394 e. The highest BCUT2D eigenvalue weighted by Crippen LogP contribution is 2.08. The van der Waals surface area contributed by atoms with Gasteiger partial charge in [-0.25, -0.2) is 0 Å². The Morgan fingerprint density at radius 2 is 1.76 bits per heavy atom. The topological polar surface area (TPSA) is 130 Å². The molecule has 0 aliphatic rings. The molecule has 0 aliphatic heterocycles. The molecule has 7 heteroatoms. The highest BCUT2D eigenvalue weighted by Gasteiger charge is 2.36. The highest BCUT2D eigenvalue weighted by atomic mass is 16.4. The first kappa shape index (κ1) is 16.4. The van der Waals surface area contributed by atoms with Crippen molar-refractivity contribution in [2.45, 2.75) is 36.9 Å². The van der Waals surface area contributed by atoms with Crippen LogP contribution in [0.2, 0.25) is 0 Å². The Morgan fingerprint density at radius 1 is 1.24 bits per heavy atom. The monoisotopic (exact) mass is 250 g/mol. The number of carbonyl (C=O) groups excluding carboxylic acids is 1. The Hall–Kier alpha value is -0.570. The van der Waals surface area contributed by atoms with E-state index in [1.165, 1.54) is 7.05 Å². The molecule has 0 rings (SSSR count). The summed E-state index contributed by atoms with van der Waals surface area (Å²) in [5, 5.41) is 48.5. The minimum Gasteiger partial charge on any atom is -0.394 e. The second kappa shape index (κ2) is 7.70. The zero-order valence-electron chi connectivity index (χ0n) is 9.65. The molecule has 0 bridgehead atoms. The van der Waals surface area contributed by atoms with E-state index in [4.69, 9.17) is 10.2 Å². The third-order valence-electron chi connectivity index (χ3n) is 2.53. The predicted octanol–water partition coefficient (Wildman–Crippen LogP) is -3.20. The molecule has 0 heterocycles. The lowest BCUT2D eigenvalue weighted by atomic mass is 9.96. The van der Waals surface area contributed by atoms with E-state index in [1.54, 1.807) is 0 Å². The first-order valence-corrected chi connectivity index (χ1v) is 5.24. The van der Waals surface area contributed by atoms with Crippen LogP contribution in [0.3, 0.4) is 0 Å². The van der Waals surface area contributed by atoms with Crippen LogP contribution in [0.1, 0.15) is 6.42 Å². The van der Waals surface area contributed by atoms with Gasteiger partial charge in [0.25, 0.3) is 0 Å². The lowest BCUT2D eigenvalue weighted by Crippen LogP contribution is -2.52. The summed E-state index contributed by atoms with van der Waals surface area (Å²) >= 11 is 0. The quantitative estimate of drug-likeness (QED) is 0.267. The van der Waals surface area contributed by atoms with Crippen molar-refractivity contribution in [2.24, 2.45) is 0 Å². The zero-order chi connectivity index (χ0) is 13.6. The first-order valence-electron chi connectivity index (χ1n) is 5.24. The Morgan fingerprint density at radius 3 is 2.12 bits per heavy atom. The molecule has 0 aromatic carbocycles. The molecule has 101 valence electrons. The lowest BCUT2D eigenvalue weighted by molar-refractivity contribution is -0.148. The molecule has 1 radical (unpaired) electrons. The van der Waals surface area contributed by atoms with Gasteiger partial charge in [0.1, 0.15) is 24.4 Å². The molecule has 7 nitrogen and oxygen atoms in total. The van der Waals surface area contributed by atoms with Crippen molar-refractivity contribution >= 4 is 5.78 Å².